The molecule has 0 radical (unpaired) electrons. The third kappa shape index (κ3) is 4.41. The second-order valence-corrected chi connectivity index (χ2v) is 9.67. The third-order valence-electron chi connectivity index (χ3n) is 5.84. The van der Waals surface area contributed by atoms with Gasteiger partial charge in [0.05, 0.1) is 23.8 Å². The highest BCUT2D eigenvalue weighted by Crippen LogP contribution is 2.34. The van der Waals surface area contributed by atoms with Crippen LogP contribution in [0.1, 0.15) is 45.7 Å². The van der Waals surface area contributed by atoms with Crippen LogP contribution in [0.5, 0.6) is 0 Å². The van der Waals surface area contributed by atoms with Crippen molar-refractivity contribution in [1.29, 1.82) is 0 Å². The molecule has 3 heterocycles. The fraction of sp³-hybridized carbons (Fsp3) is 0.320. The van der Waals surface area contributed by atoms with E-state index in [0.29, 0.717) is 11.5 Å². The summed E-state index contributed by atoms with van der Waals surface area (Å²) < 4.78 is 0. The molecule has 8 nitrogen and oxygen atoms in total. The van der Waals surface area contributed by atoms with Crippen LogP contribution in [0.2, 0.25) is 0 Å². The summed E-state index contributed by atoms with van der Waals surface area (Å²) in [6, 6.07) is 12.8. The lowest BCUT2D eigenvalue weighted by molar-refractivity contribution is -0.123. The first-order valence-electron chi connectivity index (χ1n) is 10.8. The first-order valence-corrected chi connectivity index (χ1v) is 10.8. The maximum atomic E-state index is 13.4. The van der Waals surface area contributed by atoms with Gasteiger partial charge >= 0.3 is 6.03 Å². The average molecular weight is 445 g/mol. The first-order chi connectivity index (χ1) is 15.6. The van der Waals surface area contributed by atoms with Crippen molar-refractivity contribution >= 4 is 29.1 Å². The molecule has 0 atom stereocenters. The van der Waals surface area contributed by atoms with Gasteiger partial charge in [-0.15, -0.1) is 0 Å². The minimum absolute atomic E-state index is 0.0116. The number of carbonyl (C=O) groups is 2. The zero-order valence-corrected chi connectivity index (χ0v) is 19.5. The second kappa shape index (κ2) is 8.27. The standard InChI is InChI=1S/C25H28N6O2/c1-24(2,3)18-6-8-20(9-7-18)31-22(32)25(4,5)30(23(31)33)16-17-10-12-26-21(14-17)29-19-11-13-27-28-15-19/h6-15H,16H2,1-5H3,(H,26,27,29). The number of nitrogens with one attached hydrogen (secondary N) is 1. The minimum atomic E-state index is -0.980. The Morgan fingerprint density at radius 2 is 1.70 bits per heavy atom. The van der Waals surface area contributed by atoms with Gasteiger partial charge in [-0.1, -0.05) is 32.9 Å². The fourth-order valence-electron chi connectivity index (χ4n) is 3.78. The number of carbonyl (C=O) groups excluding carboxylic acids is 2. The Balaban J connectivity index is 1.57. The van der Waals surface area contributed by atoms with Gasteiger partial charge in [-0.05, 0) is 60.7 Å². The number of rotatable bonds is 5. The predicted molar refractivity (Wildman–Crippen MR) is 127 cm³/mol. The summed E-state index contributed by atoms with van der Waals surface area (Å²) in [4.78, 5) is 33.8. The molecule has 1 aliphatic heterocycles. The van der Waals surface area contributed by atoms with Crippen LogP contribution >= 0.6 is 0 Å². The molecule has 1 saturated heterocycles. The molecule has 0 aliphatic carbocycles. The van der Waals surface area contributed by atoms with Crippen LogP contribution in [-0.4, -0.2) is 37.6 Å². The van der Waals surface area contributed by atoms with Gasteiger partial charge in [0, 0.05) is 12.7 Å². The largest absolute Gasteiger partial charge is 0.339 e. The van der Waals surface area contributed by atoms with E-state index < -0.39 is 5.54 Å². The van der Waals surface area contributed by atoms with E-state index in [0.717, 1.165) is 16.8 Å². The molecule has 2 aromatic heterocycles. The van der Waals surface area contributed by atoms with Crippen molar-refractivity contribution in [3.8, 4) is 0 Å². The molecule has 33 heavy (non-hydrogen) atoms. The summed E-state index contributed by atoms with van der Waals surface area (Å²) in [5, 5.41) is 10.8. The predicted octanol–water partition coefficient (Wildman–Crippen LogP) is 4.66. The molecular weight excluding hydrogens is 416 g/mol. The van der Waals surface area contributed by atoms with Crippen LogP contribution in [0, 0.1) is 0 Å². The Morgan fingerprint density at radius 3 is 2.33 bits per heavy atom. The van der Waals surface area contributed by atoms with Crippen LogP contribution in [0.4, 0.5) is 22.0 Å². The second-order valence-electron chi connectivity index (χ2n) is 9.67. The molecule has 1 fully saturated rings. The highest BCUT2D eigenvalue weighted by atomic mass is 16.2. The topological polar surface area (TPSA) is 91.3 Å². The number of aromatic nitrogens is 3. The highest BCUT2D eigenvalue weighted by molar-refractivity contribution is 6.22. The number of benzene rings is 1. The Morgan fingerprint density at radius 1 is 0.970 bits per heavy atom. The van der Waals surface area contributed by atoms with Crippen LogP contribution < -0.4 is 10.2 Å². The molecule has 170 valence electrons. The van der Waals surface area contributed by atoms with Crippen LogP contribution in [-0.2, 0) is 16.8 Å². The molecule has 1 aliphatic rings. The van der Waals surface area contributed by atoms with Crippen LogP contribution in [0.15, 0.2) is 61.1 Å². The SMILES string of the molecule is CC(C)(C)c1ccc(N2C(=O)N(Cc3ccnc(Nc4ccnnc4)c3)C(C)(C)C2=O)cc1. The van der Waals surface area contributed by atoms with Gasteiger partial charge in [0.25, 0.3) is 5.91 Å². The Bertz CT molecular complexity index is 1170. The molecule has 3 aromatic rings. The lowest BCUT2D eigenvalue weighted by Gasteiger charge is -2.27. The maximum Gasteiger partial charge on any atom is 0.332 e. The number of urea groups is 1. The molecule has 0 spiro atoms. The quantitative estimate of drug-likeness (QED) is 0.576. The van der Waals surface area contributed by atoms with E-state index >= 15 is 0 Å². The summed E-state index contributed by atoms with van der Waals surface area (Å²) in [7, 11) is 0. The molecule has 0 saturated carbocycles. The molecule has 8 heteroatoms. The van der Waals surface area contributed by atoms with E-state index in [4.69, 9.17) is 0 Å². The number of anilines is 3. The monoisotopic (exact) mass is 444 g/mol. The first kappa shape index (κ1) is 22.4. The number of imide groups is 1. The fourth-order valence-corrected chi connectivity index (χ4v) is 3.78. The van der Waals surface area contributed by atoms with E-state index in [9.17, 15) is 9.59 Å². The normalized spacial score (nSPS) is 15.8. The van der Waals surface area contributed by atoms with Crippen LogP contribution in [0.3, 0.4) is 0 Å². The summed E-state index contributed by atoms with van der Waals surface area (Å²) in [5.74, 6) is 0.372. The number of pyridine rings is 1. The zero-order valence-electron chi connectivity index (χ0n) is 19.5. The van der Waals surface area contributed by atoms with Crippen molar-refractivity contribution < 1.29 is 9.59 Å². The molecule has 1 N–H and O–H groups in total. The van der Waals surface area contributed by atoms with Crippen molar-refractivity contribution in [3.63, 3.8) is 0 Å². The maximum absolute atomic E-state index is 13.4. The third-order valence-corrected chi connectivity index (χ3v) is 5.84. The van der Waals surface area contributed by atoms with Crippen molar-refractivity contribution in [2.75, 3.05) is 10.2 Å². The van der Waals surface area contributed by atoms with Crippen molar-refractivity contribution in [2.24, 2.45) is 0 Å². The van der Waals surface area contributed by atoms with Gasteiger partial charge in [-0.25, -0.2) is 14.7 Å². The Kier molecular flexibility index (Phi) is 5.61. The molecule has 0 bridgehead atoms. The van der Waals surface area contributed by atoms with Crippen molar-refractivity contribution in [2.45, 2.75) is 52.1 Å². The van der Waals surface area contributed by atoms with Crippen LogP contribution in [0.25, 0.3) is 0 Å². The Labute approximate surface area is 193 Å². The number of hydrogen-bond acceptors (Lipinski definition) is 6. The highest BCUT2D eigenvalue weighted by Gasteiger charge is 2.51. The van der Waals surface area contributed by atoms with Crippen molar-refractivity contribution in [3.05, 3.63) is 72.2 Å². The molecule has 3 amide bonds. The van der Waals surface area contributed by atoms with Gasteiger partial charge in [0.2, 0.25) is 0 Å². The molecule has 4 rings (SSSR count). The van der Waals surface area contributed by atoms with E-state index in [1.54, 1.807) is 43.4 Å². The van der Waals surface area contributed by atoms with E-state index in [1.165, 1.54) is 4.90 Å². The van der Waals surface area contributed by atoms with E-state index in [-0.39, 0.29) is 23.9 Å². The number of amides is 3. The minimum Gasteiger partial charge on any atom is -0.339 e. The zero-order chi connectivity index (χ0) is 23.8. The molecule has 1 aromatic carbocycles. The van der Waals surface area contributed by atoms with Crippen molar-refractivity contribution in [1.82, 2.24) is 20.1 Å². The average Bonchev–Trinajstić information content (AvgIpc) is 2.94. The lowest BCUT2D eigenvalue weighted by Crippen LogP contribution is -2.43. The smallest absolute Gasteiger partial charge is 0.332 e. The summed E-state index contributed by atoms with van der Waals surface area (Å²) in [6.45, 7) is 10.2. The van der Waals surface area contributed by atoms with Gasteiger partial charge in [0.1, 0.15) is 11.4 Å². The van der Waals surface area contributed by atoms with E-state index in [2.05, 4.69) is 41.3 Å². The summed E-state index contributed by atoms with van der Waals surface area (Å²) in [6.07, 6.45) is 4.86. The molecule has 0 unspecified atom stereocenters. The number of nitrogens with zero attached hydrogens (tertiary/aromatic N) is 5. The summed E-state index contributed by atoms with van der Waals surface area (Å²) in [5.41, 5.74) is 2.34. The van der Waals surface area contributed by atoms with Gasteiger partial charge in [0.15, 0.2) is 0 Å². The Hall–Kier alpha value is -3.81. The number of hydrogen-bond donors (Lipinski definition) is 1. The molecular formula is C25H28N6O2. The van der Waals surface area contributed by atoms with E-state index in [1.807, 2.05) is 36.4 Å². The lowest BCUT2D eigenvalue weighted by atomic mass is 9.87. The van der Waals surface area contributed by atoms with Gasteiger partial charge in [-0.2, -0.15) is 10.2 Å². The summed E-state index contributed by atoms with van der Waals surface area (Å²) >= 11 is 0. The van der Waals surface area contributed by atoms with Gasteiger partial charge in [-0.3, -0.25) is 4.79 Å². The van der Waals surface area contributed by atoms with Gasteiger partial charge < -0.3 is 10.2 Å².